The van der Waals surface area contributed by atoms with E-state index in [0.717, 1.165) is 16.6 Å². The fraction of sp³-hybridized carbons (Fsp3) is 0.600. The van der Waals surface area contributed by atoms with Gasteiger partial charge in [-0.15, -0.1) is 23.2 Å². The van der Waals surface area contributed by atoms with E-state index in [1.54, 1.807) is 0 Å². The fourth-order valence-corrected chi connectivity index (χ4v) is 4.06. The number of hydrogen-bond donors (Lipinski definition) is 0. The molecule has 4 heteroatoms. The minimum atomic E-state index is -0.123. The molecule has 0 heterocycles. The van der Waals surface area contributed by atoms with Crippen LogP contribution in [0.2, 0.25) is 0 Å². The zero-order chi connectivity index (χ0) is 14.5. The molecule has 108 valence electrons. The maximum atomic E-state index is 6.24. The molecule has 0 unspecified atom stereocenters. The van der Waals surface area contributed by atoms with Crippen molar-refractivity contribution in [1.29, 1.82) is 0 Å². The Kier molecular flexibility index (Phi) is 7.06. The van der Waals surface area contributed by atoms with E-state index in [0.29, 0.717) is 11.8 Å². The molecule has 0 radical (unpaired) electrons. The van der Waals surface area contributed by atoms with Crippen LogP contribution in [0.4, 0.5) is 0 Å². The second-order valence-corrected chi connectivity index (χ2v) is 9.14. The average Bonchev–Trinajstić information content (AvgIpc) is 2.35. The van der Waals surface area contributed by atoms with Crippen molar-refractivity contribution in [2.45, 2.75) is 37.4 Å². The van der Waals surface area contributed by atoms with Gasteiger partial charge in [-0.05, 0) is 29.9 Å². The van der Waals surface area contributed by atoms with Crippen LogP contribution in [0.5, 0.6) is 0 Å². The smallest absolute Gasteiger partial charge is 0.0332 e. The molecule has 0 fully saturated rings. The van der Waals surface area contributed by atoms with Gasteiger partial charge in [-0.3, -0.25) is 0 Å². The number of halogens is 3. The molecule has 0 nitrogen and oxygen atoms in total. The van der Waals surface area contributed by atoms with E-state index < -0.39 is 0 Å². The van der Waals surface area contributed by atoms with E-state index in [4.69, 9.17) is 23.2 Å². The number of rotatable bonds is 6. The van der Waals surface area contributed by atoms with Gasteiger partial charge < -0.3 is 0 Å². The molecule has 0 saturated carbocycles. The summed E-state index contributed by atoms with van der Waals surface area (Å²) in [7, 11) is 0. The third-order valence-electron chi connectivity index (χ3n) is 3.08. The van der Waals surface area contributed by atoms with Crippen molar-refractivity contribution in [3.8, 4) is 0 Å². The summed E-state index contributed by atoms with van der Waals surface area (Å²) in [5.74, 6) is 2.19. The Morgan fingerprint density at radius 1 is 1.05 bits per heavy atom. The Morgan fingerprint density at radius 2 is 1.58 bits per heavy atom. The quantitative estimate of drug-likeness (QED) is 0.535. The summed E-state index contributed by atoms with van der Waals surface area (Å²) in [5.41, 5.74) is 1.11. The van der Waals surface area contributed by atoms with Crippen LogP contribution in [0.25, 0.3) is 0 Å². The molecule has 0 bridgehead atoms. The van der Waals surface area contributed by atoms with Crippen molar-refractivity contribution in [2.24, 2.45) is 0 Å². The van der Waals surface area contributed by atoms with Crippen LogP contribution >= 0.6 is 50.9 Å². The van der Waals surface area contributed by atoms with Crippen molar-refractivity contribution in [3.05, 3.63) is 34.3 Å². The Hall–Kier alpha value is 0.630. The Morgan fingerprint density at radius 3 is 2.00 bits per heavy atom. The number of benzene rings is 1. The first-order valence-electron chi connectivity index (χ1n) is 6.35. The largest absolute Gasteiger partial charge is 0.156 e. The molecule has 1 rings (SSSR count). The van der Waals surface area contributed by atoms with Crippen LogP contribution in [0.1, 0.15) is 32.8 Å². The van der Waals surface area contributed by atoms with Crippen molar-refractivity contribution >= 4 is 50.9 Å². The van der Waals surface area contributed by atoms with Crippen molar-refractivity contribution < 1.29 is 0 Å². The van der Waals surface area contributed by atoms with Gasteiger partial charge in [-0.1, -0.05) is 48.8 Å². The fourth-order valence-electron chi connectivity index (χ4n) is 1.82. The average molecular weight is 384 g/mol. The number of alkyl halides is 2. The lowest BCUT2D eigenvalue weighted by molar-refractivity contribution is 0.523. The van der Waals surface area contributed by atoms with E-state index in [-0.39, 0.29) is 10.2 Å². The lowest BCUT2D eigenvalue weighted by Crippen LogP contribution is -2.32. The number of hydrogen-bond acceptors (Lipinski definition) is 1. The topological polar surface area (TPSA) is 0 Å². The minimum absolute atomic E-state index is 0.123. The van der Waals surface area contributed by atoms with Gasteiger partial charge in [0.1, 0.15) is 0 Å². The first kappa shape index (κ1) is 17.7. The first-order valence-corrected chi connectivity index (χ1v) is 9.20. The van der Waals surface area contributed by atoms with Gasteiger partial charge in [0.2, 0.25) is 0 Å². The summed E-state index contributed by atoms with van der Waals surface area (Å²) < 4.78 is 1.36. The molecule has 0 spiro atoms. The molecule has 0 saturated heterocycles. The van der Waals surface area contributed by atoms with Crippen LogP contribution in [-0.2, 0) is 5.41 Å². The molecule has 0 aliphatic rings. The standard InChI is InChI=1S/C15H21BrCl2S/c1-14(2,3)19-9-8-15(10-17,11-18)12-4-6-13(16)7-5-12/h4-7H,8-11H2,1-3H3. The van der Waals surface area contributed by atoms with E-state index >= 15 is 0 Å². The summed E-state index contributed by atoms with van der Waals surface area (Å²) in [6.45, 7) is 6.71. The van der Waals surface area contributed by atoms with E-state index in [9.17, 15) is 0 Å². The molecule has 1 aromatic carbocycles. The Balaban J connectivity index is 2.82. The Labute approximate surface area is 139 Å². The summed E-state index contributed by atoms with van der Waals surface area (Å²) in [4.78, 5) is 0. The highest BCUT2D eigenvalue weighted by atomic mass is 79.9. The summed E-state index contributed by atoms with van der Waals surface area (Å²) in [6, 6.07) is 8.35. The van der Waals surface area contributed by atoms with Crippen LogP contribution in [0.3, 0.4) is 0 Å². The van der Waals surface area contributed by atoms with Gasteiger partial charge >= 0.3 is 0 Å². The van der Waals surface area contributed by atoms with Gasteiger partial charge in [0.05, 0.1) is 0 Å². The number of thioether (sulfide) groups is 1. The SMILES string of the molecule is CC(C)(C)SCCC(CCl)(CCl)c1ccc(Br)cc1. The molecule has 0 amide bonds. The van der Waals surface area contributed by atoms with Crippen LogP contribution < -0.4 is 0 Å². The second kappa shape index (κ2) is 7.59. The Bertz CT molecular complexity index is 380. The van der Waals surface area contributed by atoms with Gasteiger partial charge in [-0.25, -0.2) is 0 Å². The highest BCUT2D eigenvalue weighted by molar-refractivity contribution is 9.10. The van der Waals surface area contributed by atoms with E-state index in [1.165, 1.54) is 5.56 Å². The minimum Gasteiger partial charge on any atom is -0.156 e. The third kappa shape index (κ3) is 5.49. The molecule has 0 aromatic heterocycles. The zero-order valence-electron chi connectivity index (χ0n) is 11.7. The van der Waals surface area contributed by atoms with Crippen molar-refractivity contribution in [1.82, 2.24) is 0 Å². The summed E-state index contributed by atoms with van der Waals surface area (Å²) in [6.07, 6.45) is 1.00. The van der Waals surface area contributed by atoms with E-state index in [1.807, 2.05) is 11.8 Å². The lowest BCUT2D eigenvalue weighted by atomic mass is 9.82. The third-order valence-corrected chi connectivity index (χ3v) is 5.91. The van der Waals surface area contributed by atoms with Crippen LogP contribution in [0, 0.1) is 0 Å². The highest BCUT2D eigenvalue weighted by Crippen LogP contribution is 2.35. The van der Waals surface area contributed by atoms with Gasteiger partial charge in [0.25, 0.3) is 0 Å². The maximum Gasteiger partial charge on any atom is 0.0332 e. The molecule has 0 atom stereocenters. The van der Waals surface area contributed by atoms with Gasteiger partial charge in [0.15, 0.2) is 0 Å². The maximum absolute atomic E-state index is 6.24. The van der Waals surface area contributed by atoms with Crippen LogP contribution in [0.15, 0.2) is 28.7 Å². The monoisotopic (exact) mass is 382 g/mol. The van der Waals surface area contributed by atoms with Crippen LogP contribution in [-0.4, -0.2) is 22.3 Å². The van der Waals surface area contributed by atoms with Crippen molar-refractivity contribution in [3.63, 3.8) is 0 Å². The summed E-state index contributed by atoms with van der Waals surface area (Å²) in [5, 5.41) is 0. The molecular formula is C15H21BrCl2S. The lowest BCUT2D eigenvalue weighted by Gasteiger charge is -2.31. The highest BCUT2D eigenvalue weighted by Gasteiger charge is 2.30. The first-order chi connectivity index (χ1) is 8.83. The summed E-state index contributed by atoms with van der Waals surface area (Å²) >= 11 is 17.9. The van der Waals surface area contributed by atoms with Gasteiger partial charge in [0, 0.05) is 26.4 Å². The second-order valence-electron chi connectivity index (χ2n) is 5.77. The predicted molar refractivity (Wildman–Crippen MR) is 94.1 cm³/mol. The molecule has 19 heavy (non-hydrogen) atoms. The molecule has 1 aromatic rings. The molecular weight excluding hydrogens is 363 g/mol. The van der Waals surface area contributed by atoms with E-state index in [2.05, 4.69) is 61.0 Å². The molecule has 0 aliphatic carbocycles. The molecule has 0 N–H and O–H groups in total. The van der Waals surface area contributed by atoms with Crippen molar-refractivity contribution in [2.75, 3.05) is 17.5 Å². The predicted octanol–water partition coefficient (Wildman–Crippen LogP) is 6.09. The molecule has 0 aliphatic heterocycles. The van der Waals surface area contributed by atoms with Gasteiger partial charge in [-0.2, -0.15) is 11.8 Å². The zero-order valence-corrected chi connectivity index (χ0v) is 15.6. The normalized spacial score (nSPS) is 12.7.